The van der Waals surface area contributed by atoms with Crippen molar-refractivity contribution < 1.29 is 33.8 Å². The maximum absolute atomic E-state index is 4.88. The first-order valence-corrected chi connectivity index (χ1v) is 29.9. The molecule has 5 radical (unpaired) electrons. The zero-order valence-electron chi connectivity index (χ0n) is 30.4. The summed E-state index contributed by atoms with van der Waals surface area (Å²) in [5.41, 5.74) is 0. The normalized spacial score (nSPS) is 11.6. The second kappa shape index (κ2) is 29.3. The molecule has 0 saturated heterocycles. The standard InChI is InChI=1S/C25H22P2.C18H15P.C5H5.3ClH.Pt.Ru/c1-5-13-22(14-6-1)26(23-15-7-2-8-16-23)21-27(24-17-9-3-10-18-24)25-19-11-4-12-20-25;1-4-10-16(11-5-1)19(17-12-6-2-7-13-17)18-14-8-3-9-15-18;1-2-4-5-3-1;;;;;/h1-20H,21H2;1-15H;1-5H;3*1H;;/q;;;;;;+2;+1/p-3. The van der Waals surface area contributed by atoms with Crippen LogP contribution >= 0.6 is 52.3 Å². The van der Waals surface area contributed by atoms with Crippen LogP contribution in [-0.4, -0.2) is 5.90 Å². The van der Waals surface area contributed by atoms with Crippen molar-refractivity contribution in [2.75, 3.05) is 5.90 Å². The molecule has 56 heavy (non-hydrogen) atoms. The summed E-state index contributed by atoms with van der Waals surface area (Å²) in [7, 11) is 13.1. The van der Waals surface area contributed by atoms with Gasteiger partial charge >= 0.3 is 62.3 Å². The van der Waals surface area contributed by atoms with Crippen LogP contribution in [0.2, 0.25) is 0 Å². The summed E-state index contributed by atoms with van der Waals surface area (Å²) in [6.45, 7) is 0. The zero-order chi connectivity index (χ0) is 39.5. The molecule has 0 atom stereocenters. The molecule has 1 aliphatic rings. The van der Waals surface area contributed by atoms with Crippen molar-refractivity contribution in [3.63, 3.8) is 0 Å². The minimum atomic E-state index is -0.472. The molecule has 0 nitrogen and oxygen atoms in total. The van der Waals surface area contributed by atoms with Crippen molar-refractivity contribution in [3.05, 3.63) is 244 Å². The third kappa shape index (κ3) is 16.3. The smallest absolute Gasteiger partial charge is 0.00405 e. The van der Waals surface area contributed by atoms with Crippen LogP contribution in [0, 0.1) is 32.1 Å². The summed E-state index contributed by atoms with van der Waals surface area (Å²) in [5.74, 6) is 1.17. The Labute approximate surface area is 370 Å². The molecule has 0 bridgehead atoms. The molecule has 7 aromatic carbocycles. The fraction of sp³-hybridized carbons (Fsp3) is 0.0208. The Balaban J connectivity index is 0.000000207. The van der Waals surface area contributed by atoms with E-state index in [9.17, 15) is 0 Å². The zero-order valence-corrected chi connectivity index (χ0v) is 39.4. The largest absolute Gasteiger partial charge is 0.0622 e. The Morgan fingerprint density at radius 2 is 0.464 bits per heavy atom. The Morgan fingerprint density at radius 1 is 0.304 bits per heavy atom. The minimum absolute atomic E-state index is 0.409. The van der Waals surface area contributed by atoms with E-state index in [0.29, 0.717) is 0 Å². The fourth-order valence-electron chi connectivity index (χ4n) is 5.70. The van der Waals surface area contributed by atoms with Gasteiger partial charge in [-0.1, -0.05) is 212 Å². The molecular weight excluding hydrogens is 1070 g/mol. The summed E-state index contributed by atoms with van der Waals surface area (Å²) in [5, 5.41) is 10.0. The predicted molar refractivity (Wildman–Crippen MR) is 247 cm³/mol. The summed E-state index contributed by atoms with van der Waals surface area (Å²) in [6.07, 6.45) is 10.0. The van der Waals surface area contributed by atoms with Gasteiger partial charge in [-0.15, -0.1) is 0 Å². The number of hydrogen-bond acceptors (Lipinski definition) is 0. The van der Waals surface area contributed by atoms with Crippen LogP contribution in [0.25, 0.3) is 0 Å². The number of hydrogen-bond donors (Lipinski definition) is 0. The van der Waals surface area contributed by atoms with Crippen LogP contribution in [0.4, 0.5) is 0 Å². The van der Waals surface area contributed by atoms with E-state index in [4.69, 9.17) is 18.8 Å². The Hall–Kier alpha value is -1.99. The second-order valence-electron chi connectivity index (χ2n) is 11.7. The second-order valence-corrected chi connectivity index (χ2v) is 22.1. The van der Waals surface area contributed by atoms with Crippen molar-refractivity contribution in [1.29, 1.82) is 0 Å². The first-order valence-electron chi connectivity index (χ1n) is 17.6. The van der Waals surface area contributed by atoms with Crippen LogP contribution in [0.1, 0.15) is 0 Å². The Kier molecular flexibility index (Phi) is 24.4. The quantitative estimate of drug-likeness (QED) is 0.0998. The van der Waals surface area contributed by atoms with Gasteiger partial charge in [0.2, 0.25) is 0 Å². The number of halogens is 3. The molecule has 1 saturated carbocycles. The van der Waals surface area contributed by atoms with Gasteiger partial charge < -0.3 is 0 Å². The van der Waals surface area contributed by atoms with Gasteiger partial charge in [-0.25, -0.2) is 0 Å². The maximum Gasteiger partial charge on any atom is 0.00405 e. The van der Waals surface area contributed by atoms with E-state index >= 15 is 0 Å². The molecule has 8 heteroatoms. The van der Waals surface area contributed by atoms with Crippen molar-refractivity contribution >= 4 is 89.4 Å². The van der Waals surface area contributed by atoms with Gasteiger partial charge in [0.25, 0.3) is 0 Å². The van der Waals surface area contributed by atoms with Gasteiger partial charge in [-0.05, 0) is 93.0 Å². The van der Waals surface area contributed by atoms with E-state index in [1.165, 1.54) is 43.0 Å². The summed E-state index contributed by atoms with van der Waals surface area (Å²) < 4.78 is 0. The van der Waals surface area contributed by atoms with Gasteiger partial charge in [0, 0.05) is 5.90 Å². The molecule has 0 aliphatic heterocycles. The average Bonchev–Trinajstić information content (AvgIpc) is 3.89. The Morgan fingerprint density at radius 3 is 0.643 bits per heavy atom. The van der Waals surface area contributed by atoms with Crippen molar-refractivity contribution in [2.45, 2.75) is 0 Å². The van der Waals surface area contributed by atoms with Crippen LogP contribution in [0.15, 0.2) is 212 Å². The molecule has 0 heterocycles. The third-order valence-corrected chi connectivity index (χ3v) is 16.5. The molecule has 0 aromatic heterocycles. The predicted octanol–water partition coefficient (Wildman–Crippen LogP) is 11.7. The van der Waals surface area contributed by atoms with Crippen molar-refractivity contribution in [3.8, 4) is 0 Å². The van der Waals surface area contributed by atoms with Crippen LogP contribution in [-0.2, 0) is 33.8 Å². The van der Waals surface area contributed by atoms with Gasteiger partial charge in [0.05, 0.1) is 0 Å². The van der Waals surface area contributed by atoms with E-state index in [1.807, 2.05) is 49.4 Å². The minimum Gasteiger partial charge on any atom is -0.0622 e. The SMILES string of the molecule is [CH]1[CH][CH][CH][CH]1.[Cl][Pt][Cl].[Cl][Ru].c1ccc(P(CP(c2ccccc2)c2ccccc2)c2ccccc2)cc1.c1ccc(P(c2ccccc2)c2ccccc2)cc1. The summed E-state index contributed by atoms with van der Waals surface area (Å²) in [6, 6.07) is 76.5. The summed E-state index contributed by atoms with van der Waals surface area (Å²) in [4.78, 5) is 0. The molecule has 288 valence electrons. The van der Waals surface area contributed by atoms with E-state index in [1.54, 1.807) is 0 Å². The van der Waals surface area contributed by atoms with Gasteiger partial charge in [0.15, 0.2) is 0 Å². The van der Waals surface area contributed by atoms with Gasteiger partial charge in [-0.3, -0.25) is 0 Å². The maximum atomic E-state index is 4.88. The van der Waals surface area contributed by atoms with Crippen molar-refractivity contribution in [1.82, 2.24) is 0 Å². The topological polar surface area (TPSA) is 0 Å². The Bertz CT molecular complexity index is 1700. The summed E-state index contributed by atoms with van der Waals surface area (Å²) >= 11 is 1.35. The van der Waals surface area contributed by atoms with Crippen LogP contribution in [0.5, 0.6) is 0 Å². The van der Waals surface area contributed by atoms with Gasteiger partial charge in [-0.2, -0.15) is 0 Å². The van der Waals surface area contributed by atoms with E-state index in [0.717, 1.165) is 0 Å². The molecule has 0 N–H and O–H groups in total. The number of rotatable bonds is 9. The van der Waals surface area contributed by atoms with Crippen LogP contribution < -0.4 is 37.1 Å². The third-order valence-electron chi connectivity index (χ3n) is 8.15. The number of benzene rings is 7. The van der Waals surface area contributed by atoms with Crippen LogP contribution in [0.3, 0.4) is 0 Å². The van der Waals surface area contributed by atoms with E-state index in [-0.39, 0.29) is 0 Å². The molecular formula is C48H42Cl3P3PtRu. The van der Waals surface area contributed by atoms with E-state index in [2.05, 4.69) is 222 Å². The first-order chi connectivity index (χ1) is 27.8. The molecule has 0 unspecified atom stereocenters. The monoisotopic (exact) mass is 1110 g/mol. The van der Waals surface area contributed by atoms with Crippen molar-refractivity contribution in [2.24, 2.45) is 0 Å². The molecule has 1 fully saturated rings. The molecule has 7 aromatic rings. The average molecular weight is 1110 g/mol. The van der Waals surface area contributed by atoms with Gasteiger partial charge in [0.1, 0.15) is 0 Å². The van der Waals surface area contributed by atoms with E-state index < -0.39 is 40.2 Å². The molecule has 0 spiro atoms. The molecule has 0 amide bonds. The molecule has 8 rings (SSSR count). The first kappa shape index (κ1) is 46.7. The molecule has 1 aliphatic carbocycles. The fourth-order valence-corrected chi connectivity index (χ4v) is 14.5.